The molecule has 0 fully saturated rings. The smallest absolute Gasteiger partial charge is 0.255 e. The van der Waals surface area contributed by atoms with Crippen LogP contribution in [0.15, 0.2) is 60.0 Å². The number of anilines is 1. The number of rotatable bonds is 6. The molecule has 0 atom stereocenters. The first-order valence-electron chi connectivity index (χ1n) is 7.52. The van der Waals surface area contributed by atoms with Crippen molar-refractivity contribution < 1.29 is 13.2 Å². The standard InChI is InChI=1S/C18H20N2O3S/c1-14(2)19-18(21)16-8-10-17(11-9-16)20-24(22,23)13-12-15-6-4-3-5-7-15/h3-14,20H,1-2H3,(H,19,21). The lowest BCUT2D eigenvalue weighted by Crippen LogP contribution is -2.29. The van der Waals surface area contributed by atoms with Crippen molar-refractivity contribution in [3.63, 3.8) is 0 Å². The van der Waals surface area contributed by atoms with Crippen molar-refractivity contribution in [1.29, 1.82) is 0 Å². The van der Waals surface area contributed by atoms with Crippen LogP contribution in [0.5, 0.6) is 0 Å². The second-order valence-corrected chi connectivity index (χ2v) is 7.13. The zero-order valence-corrected chi connectivity index (χ0v) is 14.4. The van der Waals surface area contributed by atoms with Gasteiger partial charge in [0, 0.05) is 17.3 Å². The fourth-order valence-electron chi connectivity index (χ4n) is 1.97. The highest BCUT2D eigenvalue weighted by Gasteiger charge is 2.09. The van der Waals surface area contributed by atoms with E-state index in [4.69, 9.17) is 0 Å². The molecule has 2 aromatic carbocycles. The second-order valence-electron chi connectivity index (χ2n) is 5.57. The van der Waals surface area contributed by atoms with E-state index in [1.807, 2.05) is 44.2 Å². The fraction of sp³-hybridized carbons (Fsp3) is 0.167. The average Bonchev–Trinajstić information content (AvgIpc) is 2.54. The van der Waals surface area contributed by atoms with Crippen LogP contribution in [0.3, 0.4) is 0 Å². The van der Waals surface area contributed by atoms with Gasteiger partial charge in [-0.3, -0.25) is 9.52 Å². The predicted octanol–water partition coefficient (Wildman–Crippen LogP) is 3.24. The maximum atomic E-state index is 12.1. The summed E-state index contributed by atoms with van der Waals surface area (Å²) in [5.41, 5.74) is 1.67. The van der Waals surface area contributed by atoms with Crippen LogP contribution in [-0.4, -0.2) is 20.4 Å². The quantitative estimate of drug-likeness (QED) is 0.845. The van der Waals surface area contributed by atoms with Crippen molar-refractivity contribution in [3.05, 3.63) is 71.1 Å². The van der Waals surface area contributed by atoms with E-state index in [1.54, 1.807) is 24.3 Å². The highest BCUT2D eigenvalue weighted by atomic mass is 32.2. The Morgan fingerprint density at radius 1 is 1.00 bits per heavy atom. The Labute approximate surface area is 142 Å². The van der Waals surface area contributed by atoms with E-state index in [0.29, 0.717) is 11.3 Å². The zero-order chi connectivity index (χ0) is 17.6. The van der Waals surface area contributed by atoms with Gasteiger partial charge in [0.2, 0.25) is 0 Å². The lowest BCUT2D eigenvalue weighted by molar-refractivity contribution is 0.0943. The first-order chi connectivity index (χ1) is 11.4. The Kier molecular flexibility index (Phi) is 5.76. The SMILES string of the molecule is CC(C)NC(=O)c1ccc(NS(=O)(=O)C=Cc2ccccc2)cc1. The molecule has 126 valence electrons. The van der Waals surface area contributed by atoms with Crippen LogP contribution in [0.25, 0.3) is 6.08 Å². The molecule has 0 aromatic heterocycles. The van der Waals surface area contributed by atoms with Gasteiger partial charge in [0.05, 0.1) is 5.41 Å². The maximum Gasteiger partial charge on any atom is 0.255 e. The minimum Gasteiger partial charge on any atom is -0.350 e. The average molecular weight is 344 g/mol. The predicted molar refractivity (Wildman–Crippen MR) is 97.1 cm³/mol. The summed E-state index contributed by atoms with van der Waals surface area (Å²) in [6.07, 6.45) is 1.52. The van der Waals surface area contributed by atoms with Crippen molar-refractivity contribution in [3.8, 4) is 0 Å². The number of carbonyl (C=O) groups is 1. The Balaban J connectivity index is 2.04. The van der Waals surface area contributed by atoms with Gasteiger partial charge in [0.15, 0.2) is 0 Å². The zero-order valence-electron chi connectivity index (χ0n) is 13.6. The van der Waals surface area contributed by atoms with Crippen molar-refractivity contribution in [2.75, 3.05) is 4.72 Å². The first-order valence-corrected chi connectivity index (χ1v) is 9.07. The third-order valence-corrected chi connectivity index (χ3v) is 4.08. The summed E-state index contributed by atoms with van der Waals surface area (Å²) in [6, 6.07) is 15.5. The number of hydrogen-bond donors (Lipinski definition) is 2. The summed E-state index contributed by atoms with van der Waals surface area (Å²) in [4.78, 5) is 11.9. The molecule has 0 unspecified atom stereocenters. The topological polar surface area (TPSA) is 75.3 Å². The first kappa shape index (κ1) is 17.7. The lowest BCUT2D eigenvalue weighted by Gasteiger charge is -2.09. The Hall–Kier alpha value is -2.60. The Morgan fingerprint density at radius 3 is 2.21 bits per heavy atom. The molecule has 0 spiro atoms. The van der Waals surface area contributed by atoms with Crippen LogP contribution in [0.4, 0.5) is 5.69 Å². The number of hydrogen-bond acceptors (Lipinski definition) is 3. The molecule has 5 nitrogen and oxygen atoms in total. The van der Waals surface area contributed by atoms with Crippen molar-refractivity contribution in [1.82, 2.24) is 5.32 Å². The van der Waals surface area contributed by atoms with E-state index >= 15 is 0 Å². The van der Waals surface area contributed by atoms with Gasteiger partial charge in [-0.2, -0.15) is 0 Å². The summed E-state index contributed by atoms with van der Waals surface area (Å²) in [7, 11) is -3.62. The van der Waals surface area contributed by atoms with Gasteiger partial charge >= 0.3 is 0 Å². The molecule has 0 saturated carbocycles. The van der Waals surface area contributed by atoms with Crippen LogP contribution in [0.2, 0.25) is 0 Å². The van der Waals surface area contributed by atoms with Crippen LogP contribution in [-0.2, 0) is 10.0 Å². The molecule has 24 heavy (non-hydrogen) atoms. The molecule has 0 aliphatic rings. The number of sulfonamides is 1. The van der Waals surface area contributed by atoms with Crippen molar-refractivity contribution in [2.24, 2.45) is 0 Å². The van der Waals surface area contributed by atoms with E-state index in [9.17, 15) is 13.2 Å². The summed E-state index contributed by atoms with van der Waals surface area (Å²) >= 11 is 0. The minimum atomic E-state index is -3.62. The van der Waals surface area contributed by atoms with Gasteiger partial charge in [-0.1, -0.05) is 30.3 Å². The molecule has 2 aromatic rings. The lowest BCUT2D eigenvalue weighted by atomic mass is 10.2. The second kappa shape index (κ2) is 7.79. The Bertz CT molecular complexity index is 811. The third-order valence-electron chi connectivity index (χ3n) is 3.07. The monoisotopic (exact) mass is 344 g/mol. The molecule has 2 N–H and O–H groups in total. The van der Waals surface area contributed by atoms with E-state index in [0.717, 1.165) is 11.0 Å². The largest absolute Gasteiger partial charge is 0.350 e. The molecule has 1 amide bonds. The van der Waals surface area contributed by atoms with E-state index in [1.165, 1.54) is 6.08 Å². The number of amides is 1. The molecule has 0 radical (unpaired) electrons. The van der Waals surface area contributed by atoms with Crippen LogP contribution in [0.1, 0.15) is 29.8 Å². The fourth-order valence-corrected chi connectivity index (χ4v) is 2.83. The van der Waals surface area contributed by atoms with Gasteiger partial charge in [-0.05, 0) is 49.8 Å². The molecular formula is C18H20N2O3S. The third kappa shape index (κ3) is 5.55. The number of nitrogens with one attached hydrogen (secondary N) is 2. The molecule has 0 aliphatic carbocycles. The van der Waals surface area contributed by atoms with Crippen molar-refractivity contribution >= 4 is 27.7 Å². The normalized spacial score (nSPS) is 11.6. The van der Waals surface area contributed by atoms with E-state index in [-0.39, 0.29) is 11.9 Å². The summed E-state index contributed by atoms with van der Waals surface area (Å²) in [5.74, 6) is -0.191. The molecule has 6 heteroatoms. The van der Waals surface area contributed by atoms with Gasteiger partial charge in [0.25, 0.3) is 15.9 Å². The molecule has 0 heterocycles. The highest BCUT2D eigenvalue weighted by Crippen LogP contribution is 2.13. The Morgan fingerprint density at radius 2 is 1.62 bits per heavy atom. The van der Waals surface area contributed by atoms with Gasteiger partial charge in [-0.25, -0.2) is 8.42 Å². The highest BCUT2D eigenvalue weighted by molar-refractivity contribution is 7.95. The van der Waals surface area contributed by atoms with Crippen molar-refractivity contribution in [2.45, 2.75) is 19.9 Å². The molecular weight excluding hydrogens is 324 g/mol. The van der Waals surface area contributed by atoms with Gasteiger partial charge in [0.1, 0.15) is 0 Å². The van der Waals surface area contributed by atoms with Gasteiger partial charge in [-0.15, -0.1) is 0 Å². The summed E-state index contributed by atoms with van der Waals surface area (Å²) in [5, 5.41) is 3.89. The van der Waals surface area contributed by atoms with E-state index < -0.39 is 10.0 Å². The minimum absolute atomic E-state index is 0.0406. The molecule has 2 rings (SSSR count). The van der Waals surface area contributed by atoms with Crippen LogP contribution >= 0.6 is 0 Å². The summed E-state index contributed by atoms with van der Waals surface area (Å²) in [6.45, 7) is 3.75. The van der Waals surface area contributed by atoms with Crippen LogP contribution in [0, 0.1) is 0 Å². The molecule has 0 saturated heterocycles. The molecule has 0 bridgehead atoms. The van der Waals surface area contributed by atoms with Gasteiger partial charge < -0.3 is 5.32 Å². The number of benzene rings is 2. The summed E-state index contributed by atoms with van der Waals surface area (Å²) < 4.78 is 26.6. The maximum absolute atomic E-state index is 12.1. The van der Waals surface area contributed by atoms with Crippen LogP contribution < -0.4 is 10.0 Å². The van der Waals surface area contributed by atoms with E-state index in [2.05, 4.69) is 10.0 Å². The number of carbonyl (C=O) groups excluding carboxylic acids is 1. The molecule has 0 aliphatic heterocycles.